The van der Waals surface area contributed by atoms with Gasteiger partial charge in [-0.05, 0) is 74.8 Å². The summed E-state index contributed by atoms with van der Waals surface area (Å²) < 4.78 is 6.09. The number of ether oxygens (including phenoxy) is 1. The zero-order valence-electron chi connectivity index (χ0n) is 15.5. The lowest BCUT2D eigenvalue weighted by molar-refractivity contribution is -0.161. The molecule has 0 aromatic carbocycles. The van der Waals surface area contributed by atoms with Crippen molar-refractivity contribution in [1.82, 2.24) is 9.88 Å². The lowest BCUT2D eigenvalue weighted by Crippen LogP contribution is -2.59. The molecular formula is C21H27N3O3. The fourth-order valence-electron chi connectivity index (χ4n) is 6.52. The van der Waals surface area contributed by atoms with Gasteiger partial charge in [0, 0.05) is 12.7 Å². The van der Waals surface area contributed by atoms with Gasteiger partial charge in [-0.25, -0.2) is 4.79 Å². The Morgan fingerprint density at radius 2 is 1.96 bits per heavy atom. The van der Waals surface area contributed by atoms with Crippen LogP contribution in [-0.4, -0.2) is 34.5 Å². The third-order valence-corrected chi connectivity index (χ3v) is 7.46. The summed E-state index contributed by atoms with van der Waals surface area (Å²) in [5, 5.41) is 0. The van der Waals surface area contributed by atoms with Crippen molar-refractivity contribution < 1.29 is 14.3 Å². The third-order valence-electron chi connectivity index (χ3n) is 7.46. The van der Waals surface area contributed by atoms with Crippen LogP contribution in [0.25, 0.3) is 0 Å². The SMILES string of the molecule is NC(=O)C12CC3C[C@H](C1)C(OC(=O)N1CCCC1c1ccccn1)[C@@H](C3)C2. The number of hydrogen-bond acceptors (Lipinski definition) is 4. The van der Waals surface area contributed by atoms with E-state index in [1.807, 2.05) is 23.1 Å². The van der Waals surface area contributed by atoms with Gasteiger partial charge in [-0.15, -0.1) is 0 Å². The van der Waals surface area contributed by atoms with Gasteiger partial charge in [0.15, 0.2) is 0 Å². The van der Waals surface area contributed by atoms with E-state index in [1.54, 1.807) is 6.20 Å². The van der Waals surface area contributed by atoms with E-state index < -0.39 is 0 Å². The first-order valence-electron chi connectivity index (χ1n) is 10.2. The van der Waals surface area contributed by atoms with Gasteiger partial charge in [0.2, 0.25) is 5.91 Å². The molecule has 6 nitrogen and oxygen atoms in total. The van der Waals surface area contributed by atoms with Gasteiger partial charge in [-0.1, -0.05) is 6.07 Å². The molecule has 5 fully saturated rings. The second-order valence-corrected chi connectivity index (χ2v) is 9.07. The first kappa shape index (κ1) is 17.0. The number of likely N-dealkylation sites (tertiary alicyclic amines) is 1. The molecular weight excluding hydrogens is 342 g/mol. The first-order chi connectivity index (χ1) is 13.1. The predicted octanol–water partition coefficient (Wildman–Crippen LogP) is 3.04. The van der Waals surface area contributed by atoms with Crippen LogP contribution in [0.2, 0.25) is 0 Å². The summed E-state index contributed by atoms with van der Waals surface area (Å²) in [4.78, 5) is 31.4. The van der Waals surface area contributed by atoms with Crippen molar-refractivity contribution in [3.05, 3.63) is 30.1 Å². The van der Waals surface area contributed by atoms with Gasteiger partial charge in [-0.2, -0.15) is 0 Å². The molecule has 6 heteroatoms. The van der Waals surface area contributed by atoms with Gasteiger partial charge >= 0.3 is 6.09 Å². The summed E-state index contributed by atoms with van der Waals surface area (Å²) in [5.41, 5.74) is 6.35. The van der Waals surface area contributed by atoms with Gasteiger partial charge in [0.25, 0.3) is 0 Å². The summed E-state index contributed by atoms with van der Waals surface area (Å²) in [7, 11) is 0. The van der Waals surface area contributed by atoms with Crippen LogP contribution in [-0.2, 0) is 9.53 Å². The molecule has 0 radical (unpaired) electrons. The van der Waals surface area contributed by atoms with Crippen molar-refractivity contribution in [2.24, 2.45) is 28.9 Å². The molecule has 2 N–H and O–H groups in total. The molecule has 4 unspecified atom stereocenters. The van der Waals surface area contributed by atoms with Crippen LogP contribution in [0.4, 0.5) is 4.79 Å². The number of carbonyl (C=O) groups is 2. The molecule has 4 aliphatic carbocycles. The number of primary amides is 1. The molecule has 2 heterocycles. The van der Waals surface area contributed by atoms with E-state index in [1.165, 1.54) is 0 Å². The Morgan fingerprint density at radius 1 is 1.19 bits per heavy atom. The van der Waals surface area contributed by atoms with Crippen LogP contribution in [0.5, 0.6) is 0 Å². The highest BCUT2D eigenvalue weighted by molar-refractivity contribution is 5.81. The summed E-state index contributed by atoms with van der Waals surface area (Å²) in [5.74, 6) is 0.978. The van der Waals surface area contributed by atoms with E-state index >= 15 is 0 Å². The Balaban J connectivity index is 1.31. The van der Waals surface area contributed by atoms with Crippen LogP contribution in [0.1, 0.15) is 56.7 Å². The maximum absolute atomic E-state index is 13.0. The van der Waals surface area contributed by atoms with Crippen molar-refractivity contribution in [2.75, 3.05) is 6.54 Å². The Kier molecular flexibility index (Phi) is 3.92. The van der Waals surface area contributed by atoms with Crippen molar-refractivity contribution in [2.45, 2.75) is 57.1 Å². The van der Waals surface area contributed by atoms with E-state index in [9.17, 15) is 9.59 Å². The van der Waals surface area contributed by atoms with Crippen molar-refractivity contribution >= 4 is 12.0 Å². The van der Waals surface area contributed by atoms with Crippen molar-refractivity contribution in [3.63, 3.8) is 0 Å². The molecule has 2 amide bonds. The Labute approximate surface area is 159 Å². The number of hydrogen-bond donors (Lipinski definition) is 1. The highest BCUT2D eigenvalue weighted by atomic mass is 16.6. The van der Waals surface area contributed by atoms with Gasteiger partial charge in [-0.3, -0.25) is 14.7 Å². The van der Waals surface area contributed by atoms with E-state index in [4.69, 9.17) is 10.5 Å². The molecule has 144 valence electrons. The van der Waals surface area contributed by atoms with E-state index in [0.717, 1.165) is 57.2 Å². The molecule has 0 spiro atoms. The molecule has 1 aromatic rings. The highest BCUT2D eigenvalue weighted by Gasteiger charge is 2.59. The average molecular weight is 369 g/mol. The second kappa shape index (κ2) is 6.21. The lowest BCUT2D eigenvalue weighted by Gasteiger charge is -2.58. The maximum atomic E-state index is 13.0. The van der Waals surface area contributed by atoms with Gasteiger partial charge < -0.3 is 10.5 Å². The smallest absolute Gasteiger partial charge is 0.410 e. The fraction of sp³-hybridized carbons (Fsp3) is 0.667. The van der Waals surface area contributed by atoms with Crippen LogP contribution < -0.4 is 5.73 Å². The molecule has 5 aliphatic rings. The summed E-state index contributed by atoms with van der Waals surface area (Å²) in [6.07, 6.45) is 8.04. The molecule has 1 aliphatic heterocycles. The normalized spacial score (nSPS) is 39.6. The molecule has 6 atom stereocenters. The Bertz CT molecular complexity index is 736. The molecule has 4 bridgehead atoms. The highest BCUT2D eigenvalue weighted by Crippen LogP contribution is 2.60. The van der Waals surface area contributed by atoms with Crippen molar-refractivity contribution in [1.29, 1.82) is 0 Å². The number of nitrogens with two attached hydrogens (primary N) is 1. The number of pyridine rings is 1. The predicted molar refractivity (Wildman–Crippen MR) is 98.4 cm³/mol. The molecule has 4 saturated carbocycles. The van der Waals surface area contributed by atoms with Crippen molar-refractivity contribution in [3.8, 4) is 0 Å². The molecule has 1 aromatic heterocycles. The molecule has 27 heavy (non-hydrogen) atoms. The number of aromatic nitrogens is 1. The number of nitrogens with zero attached hydrogens (tertiary/aromatic N) is 2. The minimum absolute atomic E-state index is 0.00694. The lowest BCUT2D eigenvalue weighted by atomic mass is 9.48. The van der Waals surface area contributed by atoms with Crippen LogP contribution in [0.15, 0.2) is 24.4 Å². The largest absolute Gasteiger partial charge is 0.445 e. The maximum Gasteiger partial charge on any atom is 0.410 e. The zero-order valence-corrected chi connectivity index (χ0v) is 15.5. The minimum atomic E-state index is -0.344. The standard InChI is InChI=1S/C21H27N3O3/c22-19(25)21-10-13-8-14(11-21)18(15(9-13)12-21)27-20(26)24-7-3-5-17(24)16-4-1-2-6-23-16/h1-2,4,6,13-15,17-18H,3,5,7-12H2,(H2,22,25)/t13?,14-,15+,17?,18?,21?. The zero-order chi connectivity index (χ0) is 18.6. The summed E-state index contributed by atoms with van der Waals surface area (Å²) in [6.45, 7) is 0.718. The van der Waals surface area contributed by atoms with E-state index in [0.29, 0.717) is 5.92 Å². The number of carbonyl (C=O) groups excluding carboxylic acids is 2. The van der Waals surface area contributed by atoms with Crippen LogP contribution in [0.3, 0.4) is 0 Å². The van der Waals surface area contributed by atoms with E-state index in [2.05, 4.69) is 4.98 Å². The summed E-state index contributed by atoms with van der Waals surface area (Å²) in [6, 6.07) is 5.85. The quantitative estimate of drug-likeness (QED) is 0.887. The number of rotatable bonds is 3. The van der Waals surface area contributed by atoms with Gasteiger partial charge in [0.1, 0.15) is 6.10 Å². The van der Waals surface area contributed by atoms with E-state index in [-0.39, 0.29) is 41.4 Å². The first-order valence-corrected chi connectivity index (χ1v) is 10.2. The monoisotopic (exact) mass is 369 g/mol. The third kappa shape index (κ3) is 2.72. The minimum Gasteiger partial charge on any atom is -0.445 e. The topological polar surface area (TPSA) is 85.5 Å². The van der Waals surface area contributed by atoms with Crippen LogP contribution in [0, 0.1) is 23.2 Å². The second-order valence-electron chi connectivity index (χ2n) is 9.07. The Morgan fingerprint density at radius 3 is 2.63 bits per heavy atom. The Hall–Kier alpha value is -2.11. The molecule has 1 saturated heterocycles. The van der Waals surface area contributed by atoms with Crippen LogP contribution >= 0.6 is 0 Å². The molecule has 6 rings (SSSR count). The summed E-state index contributed by atoms with van der Waals surface area (Å²) >= 11 is 0. The average Bonchev–Trinajstić information content (AvgIpc) is 3.14. The number of amides is 2. The van der Waals surface area contributed by atoms with Gasteiger partial charge in [0.05, 0.1) is 17.2 Å². The fourth-order valence-corrected chi connectivity index (χ4v) is 6.52.